The van der Waals surface area contributed by atoms with Crippen LogP contribution in [0.1, 0.15) is 36.9 Å². The van der Waals surface area contributed by atoms with E-state index in [0.29, 0.717) is 12.5 Å². The SMILES string of the molecule is CCOc1ccc(CNc2cc(C3CC3)nn2C)cc1.Cl. The molecule has 1 fully saturated rings. The minimum absolute atomic E-state index is 0. The molecule has 1 saturated carbocycles. The molecule has 0 saturated heterocycles. The van der Waals surface area contributed by atoms with Gasteiger partial charge >= 0.3 is 0 Å². The molecule has 3 rings (SSSR count). The van der Waals surface area contributed by atoms with Crippen LogP contribution < -0.4 is 10.1 Å². The Kier molecular flexibility index (Phi) is 5.12. The maximum absolute atomic E-state index is 5.44. The van der Waals surface area contributed by atoms with Gasteiger partial charge in [0.1, 0.15) is 11.6 Å². The highest BCUT2D eigenvalue weighted by Gasteiger charge is 2.26. The molecule has 0 radical (unpaired) electrons. The molecular formula is C16H22ClN3O. The molecule has 1 N–H and O–H groups in total. The third-order valence-corrected chi connectivity index (χ3v) is 3.60. The Hall–Kier alpha value is -1.68. The fourth-order valence-corrected chi connectivity index (χ4v) is 2.30. The van der Waals surface area contributed by atoms with Gasteiger partial charge in [0.25, 0.3) is 0 Å². The third kappa shape index (κ3) is 3.91. The van der Waals surface area contributed by atoms with E-state index in [9.17, 15) is 0 Å². The lowest BCUT2D eigenvalue weighted by atomic mass is 10.2. The number of nitrogens with zero attached hydrogens (tertiary/aromatic N) is 2. The molecule has 1 aliphatic rings. The number of hydrogen-bond acceptors (Lipinski definition) is 3. The average Bonchev–Trinajstić information content (AvgIpc) is 3.23. The zero-order valence-corrected chi connectivity index (χ0v) is 13.3. The zero-order chi connectivity index (χ0) is 13.9. The van der Waals surface area contributed by atoms with E-state index < -0.39 is 0 Å². The monoisotopic (exact) mass is 307 g/mol. The van der Waals surface area contributed by atoms with E-state index in [4.69, 9.17) is 4.74 Å². The van der Waals surface area contributed by atoms with Crippen molar-refractivity contribution in [1.29, 1.82) is 0 Å². The predicted molar refractivity (Wildman–Crippen MR) is 87.4 cm³/mol. The van der Waals surface area contributed by atoms with E-state index in [1.165, 1.54) is 24.1 Å². The van der Waals surface area contributed by atoms with Crippen LogP contribution in [-0.4, -0.2) is 16.4 Å². The van der Waals surface area contributed by atoms with E-state index in [1.807, 2.05) is 30.8 Å². The Morgan fingerprint density at radius 2 is 2.00 bits per heavy atom. The van der Waals surface area contributed by atoms with Crippen LogP contribution >= 0.6 is 12.4 Å². The minimum Gasteiger partial charge on any atom is -0.494 e. The lowest BCUT2D eigenvalue weighted by Crippen LogP contribution is -2.04. The number of halogens is 1. The van der Waals surface area contributed by atoms with Crippen LogP contribution in [0, 0.1) is 0 Å². The van der Waals surface area contributed by atoms with Gasteiger partial charge in [-0.1, -0.05) is 12.1 Å². The maximum atomic E-state index is 5.44. The molecule has 0 bridgehead atoms. The Labute approximate surface area is 131 Å². The van der Waals surface area contributed by atoms with Crippen LogP contribution in [0.3, 0.4) is 0 Å². The van der Waals surface area contributed by atoms with E-state index in [1.54, 1.807) is 0 Å². The molecule has 0 atom stereocenters. The smallest absolute Gasteiger partial charge is 0.124 e. The van der Waals surface area contributed by atoms with E-state index >= 15 is 0 Å². The summed E-state index contributed by atoms with van der Waals surface area (Å²) < 4.78 is 7.38. The van der Waals surface area contributed by atoms with Crippen LogP contribution in [0.5, 0.6) is 5.75 Å². The van der Waals surface area contributed by atoms with Crippen molar-refractivity contribution in [1.82, 2.24) is 9.78 Å². The molecular weight excluding hydrogens is 286 g/mol. The van der Waals surface area contributed by atoms with Crippen LogP contribution in [0.25, 0.3) is 0 Å². The number of anilines is 1. The van der Waals surface area contributed by atoms with E-state index in [-0.39, 0.29) is 12.4 Å². The number of ether oxygens (including phenoxy) is 1. The second kappa shape index (κ2) is 6.85. The normalized spacial score (nSPS) is 13.6. The van der Waals surface area contributed by atoms with E-state index in [2.05, 4.69) is 28.6 Å². The van der Waals surface area contributed by atoms with Crippen LogP contribution in [0.2, 0.25) is 0 Å². The van der Waals surface area contributed by atoms with Gasteiger partial charge in [-0.15, -0.1) is 12.4 Å². The average molecular weight is 308 g/mol. The standard InChI is InChI=1S/C16H21N3O.ClH/c1-3-20-14-8-4-12(5-9-14)11-17-16-10-15(13-6-7-13)18-19(16)2;/h4-5,8-10,13,17H,3,6-7,11H2,1-2H3;1H. The summed E-state index contributed by atoms with van der Waals surface area (Å²) in [4.78, 5) is 0. The fourth-order valence-electron chi connectivity index (χ4n) is 2.30. The lowest BCUT2D eigenvalue weighted by Gasteiger charge is -2.07. The minimum atomic E-state index is 0. The van der Waals surface area contributed by atoms with Crippen molar-refractivity contribution in [3.63, 3.8) is 0 Å². The third-order valence-electron chi connectivity index (χ3n) is 3.60. The number of benzene rings is 1. The Balaban J connectivity index is 0.00000161. The van der Waals surface area contributed by atoms with Gasteiger partial charge in [-0.2, -0.15) is 5.10 Å². The van der Waals surface area contributed by atoms with Gasteiger partial charge in [-0.05, 0) is 37.5 Å². The maximum Gasteiger partial charge on any atom is 0.124 e. The number of hydrogen-bond donors (Lipinski definition) is 1. The molecule has 2 aromatic rings. The molecule has 4 nitrogen and oxygen atoms in total. The highest BCUT2D eigenvalue weighted by molar-refractivity contribution is 5.85. The summed E-state index contributed by atoms with van der Waals surface area (Å²) in [7, 11) is 1.99. The van der Waals surface area contributed by atoms with Gasteiger partial charge in [-0.25, -0.2) is 0 Å². The molecule has 0 aliphatic heterocycles. The fraction of sp³-hybridized carbons (Fsp3) is 0.438. The summed E-state index contributed by atoms with van der Waals surface area (Å²) in [5.41, 5.74) is 2.46. The summed E-state index contributed by atoms with van der Waals surface area (Å²) in [6.07, 6.45) is 2.57. The van der Waals surface area contributed by atoms with Crippen molar-refractivity contribution in [3.8, 4) is 5.75 Å². The van der Waals surface area contributed by atoms with Crippen molar-refractivity contribution in [2.24, 2.45) is 7.05 Å². The molecule has 1 aliphatic carbocycles. The quantitative estimate of drug-likeness (QED) is 0.884. The zero-order valence-electron chi connectivity index (χ0n) is 12.5. The molecule has 114 valence electrons. The van der Waals surface area contributed by atoms with Gasteiger partial charge in [0.05, 0.1) is 12.3 Å². The first kappa shape index (κ1) is 15.7. The van der Waals surface area contributed by atoms with E-state index in [0.717, 1.165) is 18.1 Å². The molecule has 5 heteroatoms. The van der Waals surface area contributed by atoms with Crippen molar-refractivity contribution in [2.45, 2.75) is 32.2 Å². The molecule has 1 heterocycles. The van der Waals surface area contributed by atoms with Gasteiger partial charge in [-0.3, -0.25) is 4.68 Å². The summed E-state index contributed by atoms with van der Waals surface area (Å²) >= 11 is 0. The van der Waals surface area contributed by atoms with Crippen molar-refractivity contribution < 1.29 is 4.74 Å². The second-order valence-corrected chi connectivity index (χ2v) is 5.28. The lowest BCUT2D eigenvalue weighted by molar-refractivity contribution is 0.340. The predicted octanol–water partition coefficient (Wildman–Crippen LogP) is 3.73. The summed E-state index contributed by atoms with van der Waals surface area (Å²) in [6, 6.07) is 10.4. The molecule has 0 unspecified atom stereocenters. The molecule has 21 heavy (non-hydrogen) atoms. The van der Waals surface area contributed by atoms with Crippen molar-refractivity contribution in [3.05, 3.63) is 41.6 Å². The molecule has 0 spiro atoms. The Morgan fingerprint density at radius 3 is 2.62 bits per heavy atom. The van der Waals surface area contributed by atoms with Crippen LogP contribution in [0.4, 0.5) is 5.82 Å². The largest absolute Gasteiger partial charge is 0.494 e. The number of rotatable bonds is 6. The van der Waals surface area contributed by atoms with Gasteiger partial charge in [0.15, 0.2) is 0 Å². The highest BCUT2D eigenvalue weighted by Crippen LogP contribution is 2.39. The first-order valence-electron chi connectivity index (χ1n) is 7.26. The summed E-state index contributed by atoms with van der Waals surface area (Å²) in [5, 5.41) is 8.00. The van der Waals surface area contributed by atoms with Crippen molar-refractivity contribution in [2.75, 3.05) is 11.9 Å². The van der Waals surface area contributed by atoms with Crippen molar-refractivity contribution >= 4 is 18.2 Å². The number of nitrogens with one attached hydrogen (secondary N) is 1. The van der Waals surface area contributed by atoms with Crippen LogP contribution in [-0.2, 0) is 13.6 Å². The number of aromatic nitrogens is 2. The summed E-state index contributed by atoms with van der Waals surface area (Å²) in [6.45, 7) is 3.50. The van der Waals surface area contributed by atoms with Gasteiger partial charge in [0, 0.05) is 25.6 Å². The first-order valence-corrected chi connectivity index (χ1v) is 7.26. The molecule has 1 aromatic heterocycles. The van der Waals surface area contributed by atoms with Gasteiger partial charge in [0.2, 0.25) is 0 Å². The van der Waals surface area contributed by atoms with Crippen LogP contribution in [0.15, 0.2) is 30.3 Å². The molecule has 1 aromatic carbocycles. The number of aryl methyl sites for hydroxylation is 1. The first-order chi connectivity index (χ1) is 9.76. The highest BCUT2D eigenvalue weighted by atomic mass is 35.5. The van der Waals surface area contributed by atoms with Gasteiger partial charge < -0.3 is 10.1 Å². The molecule has 0 amide bonds. The Morgan fingerprint density at radius 1 is 1.29 bits per heavy atom. The topological polar surface area (TPSA) is 39.1 Å². The Bertz CT molecular complexity index is 576. The summed E-state index contributed by atoms with van der Waals surface area (Å²) in [5.74, 6) is 2.70. The second-order valence-electron chi connectivity index (χ2n) is 5.28.